The number of thioether (sulfide) groups is 1. The molecule has 2 N–H and O–H groups in total. The molecule has 0 radical (unpaired) electrons. The number of aliphatic imine (C=N–C) groups is 1. The molecule has 4 nitrogen and oxygen atoms in total. The van der Waals surface area contributed by atoms with Crippen molar-refractivity contribution in [1.82, 2.24) is 9.80 Å². The Hall–Kier alpha value is -1.20. The minimum atomic E-state index is 0.757. The summed E-state index contributed by atoms with van der Waals surface area (Å²) in [5.41, 5.74) is 7.60. The van der Waals surface area contributed by atoms with E-state index in [1.807, 2.05) is 11.8 Å². The topological polar surface area (TPSA) is 44.9 Å². The Kier molecular flexibility index (Phi) is 8.15. The van der Waals surface area contributed by atoms with Crippen LogP contribution >= 0.6 is 11.8 Å². The molecular weight excluding hydrogens is 340 g/mol. The summed E-state index contributed by atoms with van der Waals surface area (Å²) < 4.78 is 0. The Morgan fingerprint density at radius 3 is 2.50 bits per heavy atom. The zero-order chi connectivity index (χ0) is 18.0. The molecule has 5 heteroatoms. The largest absolute Gasteiger partial charge is 0.370 e. The Labute approximate surface area is 163 Å². The summed E-state index contributed by atoms with van der Waals surface area (Å²) >= 11 is 2.01. The molecule has 1 aromatic carbocycles. The summed E-state index contributed by atoms with van der Waals surface area (Å²) in [4.78, 5) is 9.45. The van der Waals surface area contributed by atoms with E-state index in [1.165, 1.54) is 62.4 Å². The van der Waals surface area contributed by atoms with Crippen molar-refractivity contribution in [1.29, 1.82) is 0 Å². The first-order chi connectivity index (χ1) is 12.8. The van der Waals surface area contributed by atoms with Crippen LogP contribution in [-0.2, 0) is 6.42 Å². The van der Waals surface area contributed by atoms with Gasteiger partial charge in [-0.15, -0.1) is 0 Å². The number of hydrogen-bond donors (Lipinski definition) is 1. The second-order valence-corrected chi connectivity index (χ2v) is 8.75. The molecule has 26 heavy (non-hydrogen) atoms. The van der Waals surface area contributed by atoms with Gasteiger partial charge in [-0.2, -0.15) is 11.8 Å². The van der Waals surface area contributed by atoms with Crippen molar-refractivity contribution < 1.29 is 0 Å². The molecule has 2 aliphatic heterocycles. The van der Waals surface area contributed by atoms with Gasteiger partial charge < -0.3 is 15.5 Å². The molecule has 1 aromatic rings. The Bertz CT molecular complexity index is 534. The molecule has 0 unspecified atom stereocenters. The van der Waals surface area contributed by atoms with Crippen LogP contribution in [0.4, 0.5) is 0 Å². The number of hydrogen-bond acceptors (Lipinski definition) is 3. The molecule has 0 amide bonds. The van der Waals surface area contributed by atoms with Crippen molar-refractivity contribution in [3.05, 3.63) is 35.9 Å². The highest BCUT2D eigenvalue weighted by atomic mass is 32.2. The minimum absolute atomic E-state index is 0.757. The first-order valence-electron chi connectivity index (χ1n) is 10.2. The second-order valence-electron chi connectivity index (χ2n) is 7.52. The van der Waals surface area contributed by atoms with Gasteiger partial charge in [0.1, 0.15) is 0 Å². The second kappa shape index (κ2) is 10.8. The highest BCUT2D eigenvalue weighted by Crippen LogP contribution is 2.21. The van der Waals surface area contributed by atoms with Gasteiger partial charge in [0.05, 0.1) is 0 Å². The molecule has 2 aliphatic rings. The monoisotopic (exact) mass is 374 g/mol. The fraction of sp³-hybridized carbons (Fsp3) is 0.667. The molecule has 0 saturated carbocycles. The summed E-state index contributed by atoms with van der Waals surface area (Å²) in [6.45, 7) is 6.71. The molecule has 0 atom stereocenters. The number of nitrogens with zero attached hydrogens (tertiary/aromatic N) is 3. The third-order valence-electron chi connectivity index (χ3n) is 5.57. The normalized spacial score (nSPS) is 20.5. The van der Waals surface area contributed by atoms with E-state index in [2.05, 4.69) is 45.1 Å². The predicted molar refractivity (Wildman–Crippen MR) is 114 cm³/mol. The van der Waals surface area contributed by atoms with Crippen LogP contribution in [0.2, 0.25) is 0 Å². The van der Waals surface area contributed by atoms with Crippen LogP contribution in [0.3, 0.4) is 0 Å². The zero-order valence-corrected chi connectivity index (χ0v) is 16.8. The first kappa shape index (κ1) is 19.6. The van der Waals surface area contributed by atoms with Gasteiger partial charge in [-0.1, -0.05) is 30.3 Å². The lowest BCUT2D eigenvalue weighted by Crippen LogP contribution is -2.42. The predicted octanol–water partition coefficient (Wildman–Crippen LogP) is 3.08. The van der Waals surface area contributed by atoms with Crippen molar-refractivity contribution in [3.8, 4) is 0 Å². The van der Waals surface area contributed by atoms with Crippen LogP contribution in [0, 0.1) is 5.92 Å². The number of guanidine groups is 1. The smallest absolute Gasteiger partial charge is 0.191 e. The van der Waals surface area contributed by atoms with E-state index in [9.17, 15) is 0 Å². The molecule has 3 rings (SSSR count). The van der Waals surface area contributed by atoms with E-state index in [-0.39, 0.29) is 0 Å². The molecule has 2 fully saturated rings. The quantitative estimate of drug-likeness (QED) is 0.453. The minimum Gasteiger partial charge on any atom is -0.370 e. The molecule has 144 valence electrons. The highest BCUT2D eigenvalue weighted by molar-refractivity contribution is 7.99. The lowest BCUT2D eigenvalue weighted by atomic mass is 9.90. The average molecular weight is 375 g/mol. The highest BCUT2D eigenvalue weighted by Gasteiger charge is 2.19. The number of unbranched alkanes of at least 4 members (excludes halogenated alkanes) is 1. The average Bonchev–Trinajstić information content (AvgIpc) is 2.70. The maximum absolute atomic E-state index is 6.11. The number of likely N-dealkylation sites (tertiary alicyclic amines) is 1. The van der Waals surface area contributed by atoms with Crippen molar-refractivity contribution in [2.24, 2.45) is 16.6 Å². The molecular formula is C21H34N4S. The fourth-order valence-electron chi connectivity index (χ4n) is 3.89. The van der Waals surface area contributed by atoms with Crippen LogP contribution in [0.15, 0.2) is 35.3 Å². The fourth-order valence-corrected chi connectivity index (χ4v) is 4.80. The number of rotatable bonds is 7. The Morgan fingerprint density at radius 1 is 1.04 bits per heavy atom. The van der Waals surface area contributed by atoms with Crippen molar-refractivity contribution in [3.63, 3.8) is 0 Å². The summed E-state index contributed by atoms with van der Waals surface area (Å²) in [5.74, 6) is 3.97. The van der Waals surface area contributed by atoms with E-state index in [4.69, 9.17) is 5.73 Å². The first-order valence-corrected chi connectivity index (χ1v) is 11.4. The standard InChI is InChI=1S/C21H34N4S/c22-21(25-14-16-26-17-15-25)23-10-4-5-11-24-12-8-20(9-13-24)18-19-6-2-1-3-7-19/h1-3,6-7,20H,4-5,8-18H2,(H2,22,23). The van der Waals surface area contributed by atoms with E-state index >= 15 is 0 Å². The maximum atomic E-state index is 6.11. The molecule has 0 aliphatic carbocycles. The maximum Gasteiger partial charge on any atom is 0.191 e. The molecule has 0 aromatic heterocycles. The van der Waals surface area contributed by atoms with Gasteiger partial charge in [-0.05, 0) is 63.2 Å². The summed E-state index contributed by atoms with van der Waals surface area (Å²) in [6, 6.07) is 11.0. The van der Waals surface area contributed by atoms with Crippen molar-refractivity contribution >= 4 is 17.7 Å². The van der Waals surface area contributed by atoms with Gasteiger partial charge in [0, 0.05) is 31.1 Å². The summed E-state index contributed by atoms with van der Waals surface area (Å²) in [7, 11) is 0. The van der Waals surface area contributed by atoms with Crippen LogP contribution < -0.4 is 5.73 Å². The van der Waals surface area contributed by atoms with Gasteiger partial charge in [0.25, 0.3) is 0 Å². The summed E-state index contributed by atoms with van der Waals surface area (Å²) in [5, 5.41) is 0. The van der Waals surface area contributed by atoms with Crippen LogP contribution in [0.1, 0.15) is 31.2 Å². The lowest BCUT2D eigenvalue weighted by molar-refractivity contribution is 0.181. The molecule has 0 spiro atoms. The number of piperidine rings is 1. The van der Waals surface area contributed by atoms with Gasteiger partial charge in [-0.25, -0.2) is 0 Å². The van der Waals surface area contributed by atoms with Gasteiger partial charge in [0.2, 0.25) is 0 Å². The van der Waals surface area contributed by atoms with Crippen molar-refractivity contribution in [2.75, 3.05) is 50.8 Å². The van der Waals surface area contributed by atoms with Gasteiger partial charge in [0.15, 0.2) is 5.96 Å². The molecule has 0 bridgehead atoms. The Balaban J connectivity index is 1.26. The molecule has 2 saturated heterocycles. The van der Waals surface area contributed by atoms with Gasteiger partial charge in [-0.3, -0.25) is 4.99 Å². The zero-order valence-electron chi connectivity index (χ0n) is 16.0. The van der Waals surface area contributed by atoms with Crippen LogP contribution in [0.25, 0.3) is 0 Å². The number of benzene rings is 1. The van der Waals surface area contributed by atoms with E-state index < -0.39 is 0 Å². The van der Waals surface area contributed by atoms with Crippen LogP contribution in [-0.4, -0.2) is 66.5 Å². The number of nitrogens with two attached hydrogens (primary N) is 1. The van der Waals surface area contributed by atoms with Gasteiger partial charge >= 0.3 is 0 Å². The SMILES string of the molecule is NC(=NCCCCN1CCC(Cc2ccccc2)CC1)N1CCSCC1. The molecule has 2 heterocycles. The van der Waals surface area contributed by atoms with Crippen LogP contribution in [0.5, 0.6) is 0 Å². The lowest BCUT2D eigenvalue weighted by Gasteiger charge is -2.32. The van der Waals surface area contributed by atoms with Crippen molar-refractivity contribution in [2.45, 2.75) is 32.1 Å². The van der Waals surface area contributed by atoms with E-state index in [0.717, 1.165) is 37.9 Å². The van der Waals surface area contributed by atoms with E-state index in [0.29, 0.717) is 0 Å². The summed E-state index contributed by atoms with van der Waals surface area (Å²) in [6.07, 6.45) is 6.31. The van der Waals surface area contributed by atoms with E-state index in [1.54, 1.807) is 0 Å². The third kappa shape index (κ3) is 6.51. The Morgan fingerprint density at radius 2 is 1.77 bits per heavy atom. The third-order valence-corrected chi connectivity index (χ3v) is 6.51.